The van der Waals surface area contributed by atoms with Crippen LogP contribution in [0.15, 0.2) is 76.7 Å². The highest BCUT2D eigenvalue weighted by Crippen LogP contribution is 2.29. The van der Waals surface area contributed by atoms with Gasteiger partial charge in [-0.05, 0) is 73.4 Å². The van der Waals surface area contributed by atoms with Gasteiger partial charge in [0, 0.05) is 0 Å². The van der Waals surface area contributed by atoms with E-state index in [9.17, 15) is 8.42 Å². The Kier molecular flexibility index (Phi) is 7.31. The standard InChI is InChI=1S/C24H26N2O4S/c1-4-29-24-15-21(11-13-23(24)30-17-20-8-6-5-7-9-20)16-25-26-31(27,28)22-12-10-18(2)19(3)14-22/h5-16,26H,4,17H2,1-3H3/b25-16+. The minimum Gasteiger partial charge on any atom is -0.490 e. The van der Waals surface area contributed by atoms with Gasteiger partial charge in [0.05, 0.1) is 17.7 Å². The molecule has 0 bridgehead atoms. The Morgan fingerprint density at radius 3 is 2.39 bits per heavy atom. The van der Waals surface area contributed by atoms with E-state index in [2.05, 4.69) is 9.93 Å². The second-order valence-corrected chi connectivity index (χ2v) is 8.67. The summed E-state index contributed by atoms with van der Waals surface area (Å²) in [6, 6.07) is 20.1. The van der Waals surface area contributed by atoms with Crippen molar-refractivity contribution in [3.8, 4) is 11.5 Å². The molecule has 3 aromatic rings. The lowest BCUT2D eigenvalue weighted by Gasteiger charge is -2.12. The van der Waals surface area contributed by atoms with Crippen LogP contribution < -0.4 is 14.3 Å². The zero-order valence-corrected chi connectivity index (χ0v) is 18.6. The molecule has 0 saturated heterocycles. The number of nitrogens with one attached hydrogen (secondary N) is 1. The molecule has 3 aromatic carbocycles. The zero-order chi connectivity index (χ0) is 22.3. The first kappa shape index (κ1) is 22.4. The lowest BCUT2D eigenvalue weighted by Crippen LogP contribution is -2.18. The number of benzene rings is 3. The molecule has 0 saturated carbocycles. The smallest absolute Gasteiger partial charge is 0.276 e. The van der Waals surface area contributed by atoms with Gasteiger partial charge >= 0.3 is 0 Å². The third kappa shape index (κ3) is 6.08. The lowest BCUT2D eigenvalue weighted by molar-refractivity contribution is 0.269. The van der Waals surface area contributed by atoms with Crippen LogP contribution in [-0.4, -0.2) is 21.2 Å². The topological polar surface area (TPSA) is 77.0 Å². The molecule has 0 atom stereocenters. The van der Waals surface area contributed by atoms with E-state index in [0.717, 1.165) is 16.7 Å². The van der Waals surface area contributed by atoms with E-state index < -0.39 is 10.0 Å². The van der Waals surface area contributed by atoms with Crippen LogP contribution in [0.3, 0.4) is 0 Å². The highest BCUT2D eigenvalue weighted by Gasteiger charge is 2.13. The molecule has 0 radical (unpaired) electrons. The van der Waals surface area contributed by atoms with Crippen molar-refractivity contribution < 1.29 is 17.9 Å². The number of hydrazone groups is 1. The van der Waals surface area contributed by atoms with Crippen molar-refractivity contribution in [2.24, 2.45) is 5.10 Å². The van der Waals surface area contributed by atoms with Gasteiger partial charge in [-0.25, -0.2) is 4.83 Å². The molecule has 7 heteroatoms. The van der Waals surface area contributed by atoms with Crippen molar-refractivity contribution in [2.75, 3.05) is 6.61 Å². The molecule has 0 spiro atoms. The Morgan fingerprint density at radius 1 is 0.903 bits per heavy atom. The van der Waals surface area contributed by atoms with E-state index >= 15 is 0 Å². The van der Waals surface area contributed by atoms with E-state index in [1.54, 1.807) is 36.4 Å². The largest absolute Gasteiger partial charge is 0.490 e. The van der Waals surface area contributed by atoms with Gasteiger partial charge in [0.25, 0.3) is 10.0 Å². The summed E-state index contributed by atoms with van der Waals surface area (Å²) < 4.78 is 36.5. The number of hydrogen-bond acceptors (Lipinski definition) is 5. The molecule has 0 aliphatic heterocycles. The first-order valence-electron chi connectivity index (χ1n) is 9.95. The van der Waals surface area contributed by atoms with Crippen LogP contribution in [0, 0.1) is 13.8 Å². The van der Waals surface area contributed by atoms with Crippen LogP contribution in [0.4, 0.5) is 0 Å². The van der Waals surface area contributed by atoms with Gasteiger partial charge in [-0.1, -0.05) is 36.4 Å². The Bertz CT molecular complexity index is 1160. The molecule has 0 aromatic heterocycles. The van der Waals surface area contributed by atoms with Crippen LogP contribution in [0.1, 0.15) is 29.2 Å². The molecule has 0 aliphatic rings. The average molecular weight is 439 g/mol. The second-order valence-electron chi connectivity index (χ2n) is 7.01. The van der Waals surface area contributed by atoms with Crippen molar-refractivity contribution in [3.05, 3.63) is 89.0 Å². The molecule has 3 rings (SSSR count). The van der Waals surface area contributed by atoms with Crippen LogP contribution in [0.5, 0.6) is 11.5 Å². The molecule has 0 aliphatic carbocycles. The quantitative estimate of drug-likeness (QED) is 0.391. The van der Waals surface area contributed by atoms with Crippen LogP contribution in [0.2, 0.25) is 0 Å². The van der Waals surface area contributed by atoms with Crippen molar-refractivity contribution in [2.45, 2.75) is 32.3 Å². The summed E-state index contributed by atoms with van der Waals surface area (Å²) >= 11 is 0. The first-order valence-corrected chi connectivity index (χ1v) is 11.4. The maximum absolute atomic E-state index is 12.5. The number of sulfonamides is 1. The Morgan fingerprint density at radius 2 is 1.68 bits per heavy atom. The van der Waals surface area contributed by atoms with E-state index in [4.69, 9.17) is 9.47 Å². The van der Waals surface area contributed by atoms with Crippen LogP contribution in [0.25, 0.3) is 0 Å². The monoisotopic (exact) mass is 438 g/mol. The van der Waals surface area contributed by atoms with Gasteiger partial charge in [-0.15, -0.1) is 0 Å². The minimum atomic E-state index is -3.74. The Hall–Kier alpha value is -3.32. The zero-order valence-electron chi connectivity index (χ0n) is 17.8. The fraction of sp³-hybridized carbons (Fsp3) is 0.208. The van der Waals surface area contributed by atoms with Gasteiger partial charge in [-0.3, -0.25) is 0 Å². The molecular weight excluding hydrogens is 412 g/mol. The first-order chi connectivity index (χ1) is 14.9. The molecule has 1 N–H and O–H groups in total. The maximum Gasteiger partial charge on any atom is 0.276 e. The molecule has 0 unspecified atom stereocenters. The fourth-order valence-electron chi connectivity index (χ4n) is 2.83. The summed E-state index contributed by atoms with van der Waals surface area (Å²) in [5.74, 6) is 1.18. The summed E-state index contributed by atoms with van der Waals surface area (Å²) in [5, 5.41) is 3.91. The predicted molar refractivity (Wildman–Crippen MR) is 122 cm³/mol. The molecule has 0 amide bonds. The van der Waals surface area contributed by atoms with E-state index in [1.807, 2.05) is 51.1 Å². The fourth-order valence-corrected chi connectivity index (χ4v) is 3.71. The van der Waals surface area contributed by atoms with E-state index in [1.165, 1.54) is 6.21 Å². The molecule has 31 heavy (non-hydrogen) atoms. The van der Waals surface area contributed by atoms with E-state index in [0.29, 0.717) is 30.3 Å². The molecule has 0 heterocycles. The van der Waals surface area contributed by atoms with Crippen molar-refractivity contribution in [1.29, 1.82) is 0 Å². The van der Waals surface area contributed by atoms with Crippen LogP contribution in [-0.2, 0) is 16.6 Å². The van der Waals surface area contributed by atoms with Crippen molar-refractivity contribution in [1.82, 2.24) is 4.83 Å². The number of ether oxygens (including phenoxy) is 2. The van der Waals surface area contributed by atoms with Gasteiger partial charge in [0.2, 0.25) is 0 Å². The highest BCUT2D eigenvalue weighted by atomic mass is 32.2. The normalized spacial score (nSPS) is 11.5. The van der Waals surface area contributed by atoms with Crippen molar-refractivity contribution >= 4 is 16.2 Å². The molecule has 6 nitrogen and oxygen atoms in total. The minimum absolute atomic E-state index is 0.174. The molecular formula is C24H26N2O4S. The summed E-state index contributed by atoms with van der Waals surface area (Å²) in [6.45, 7) is 6.58. The summed E-state index contributed by atoms with van der Waals surface area (Å²) in [5.41, 5.74) is 3.66. The number of rotatable bonds is 9. The number of aryl methyl sites for hydroxylation is 2. The summed E-state index contributed by atoms with van der Waals surface area (Å²) in [7, 11) is -3.74. The van der Waals surface area contributed by atoms with Gasteiger partial charge in [-0.2, -0.15) is 13.5 Å². The van der Waals surface area contributed by atoms with Gasteiger partial charge in [0.1, 0.15) is 6.61 Å². The summed E-state index contributed by atoms with van der Waals surface area (Å²) in [4.78, 5) is 2.43. The molecule has 162 valence electrons. The number of nitrogens with zero attached hydrogens (tertiary/aromatic N) is 1. The van der Waals surface area contributed by atoms with E-state index in [-0.39, 0.29) is 4.90 Å². The van der Waals surface area contributed by atoms with Gasteiger partial charge in [0.15, 0.2) is 11.5 Å². The Balaban J connectivity index is 1.71. The second kappa shape index (κ2) is 10.1. The average Bonchev–Trinajstić information content (AvgIpc) is 2.76. The maximum atomic E-state index is 12.5. The SMILES string of the molecule is CCOc1cc(/C=N/NS(=O)(=O)c2ccc(C)c(C)c2)ccc1OCc1ccccc1. The third-order valence-corrected chi connectivity index (χ3v) is 5.90. The number of hydrogen-bond donors (Lipinski definition) is 1. The summed E-state index contributed by atoms with van der Waals surface area (Å²) in [6.07, 6.45) is 1.43. The lowest BCUT2D eigenvalue weighted by atomic mass is 10.1. The van der Waals surface area contributed by atoms with Gasteiger partial charge < -0.3 is 9.47 Å². The predicted octanol–water partition coefficient (Wildman–Crippen LogP) is 4.59. The molecule has 0 fully saturated rings. The highest BCUT2D eigenvalue weighted by molar-refractivity contribution is 7.89. The van der Waals surface area contributed by atoms with Crippen molar-refractivity contribution in [3.63, 3.8) is 0 Å². The van der Waals surface area contributed by atoms with Crippen LogP contribution >= 0.6 is 0 Å². The third-order valence-electron chi connectivity index (χ3n) is 4.68. The Labute approximate surface area is 183 Å².